The Balaban J connectivity index is 0.00000312. The Bertz CT molecular complexity index is 533. The molecule has 3 N–H and O–H groups in total. The highest BCUT2D eigenvalue weighted by atomic mass is 127. The number of ether oxygens (including phenoxy) is 1. The lowest BCUT2D eigenvalue weighted by molar-refractivity contribution is 0.118. The van der Waals surface area contributed by atoms with Crippen LogP contribution in [0.4, 0.5) is 5.69 Å². The van der Waals surface area contributed by atoms with Gasteiger partial charge < -0.3 is 15.8 Å². The number of anilines is 1. The molecule has 5 nitrogen and oxygen atoms in total. The first kappa shape index (κ1) is 22.0. The molecular weight excluding hydrogens is 427 g/mol. The van der Waals surface area contributed by atoms with Gasteiger partial charge in [-0.1, -0.05) is 6.42 Å². The average Bonchev–Trinajstić information content (AvgIpc) is 2.54. The van der Waals surface area contributed by atoms with Crippen LogP contribution in [0.15, 0.2) is 29.3 Å². The largest absolute Gasteiger partial charge is 0.491 e. The first-order chi connectivity index (χ1) is 11.5. The third-order valence-corrected chi connectivity index (χ3v) is 4.44. The Morgan fingerprint density at radius 1 is 1.28 bits per heavy atom. The van der Waals surface area contributed by atoms with Crippen molar-refractivity contribution in [1.29, 1.82) is 0 Å². The highest BCUT2D eigenvalue weighted by molar-refractivity contribution is 14.0. The number of halogens is 1. The van der Waals surface area contributed by atoms with Gasteiger partial charge in [-0.3, -0.25) is 9.89 Å². The van der Waals surface area contributed by atoms with E-state index >= 15 is 0 Å². The molecule has 0 saturated carbocycles. The lowest BCUT2D eigenvalue weighted by Gasteiger charge is -2.37. The van der Waals surface area contributed by atoms with E-state index in [0.717, 1.165) is 18.0 Å². The van der Waals surface area contributed by atoms with Crippen molar-refractivity contribution in [2.75, 3.05) is 18.4 Å². The molecular formula is C19H33IN4O. The maximum absolute atomic E-state index is 6.03. The molecule has 25 heavy (non-hydrogen) atoms. The van der Waals surface area contributed by atoms with E-state index in [0.29, 0.717) is 18.0 Å². The minimum Gasteiger partial charge on any atom is -0.491 e. The van der Waals surface area contributed by atoms with Gasteiger partial charge in [0, 0.05) is 17.8 Å². The molecule has 2 unspecified atom stereocenters. The zero-order valence-corrected chi connectivity index (χ0v) is 18.2. The third kappa shape index (κ3) is 7.40. The topological polar surface area (TPSA) is 62.9 Å². The first-order valence-corrected chi connectivity index (χ1v) is 9.05. The Kier molecular flexibility index (Phi) is 9.56. The predicted octanol–water partition coefficient (Wildman–Crippen LogP) is 4.08. The fraction of sp³-hybridized carbons (Fsp3) is 0.632. The molecule has 0 amide bonds. The van der Waals surface area contributed by atoms with Crippen molar-refractivity contribution in [3.05, 3.63) is 24.3 Å². The molecule has 0 spiro atoms. The number of rotatable bonds is 6. The molecule has 1 aromatic rings. The number of hydrogen-bond acceptors (Lipinski definition) is 3. The summed E-state index contributed by atoms with van der Waals surface area (Å²) < 4.78 is 5.64. The lowest BCUT2D eigenvalue weighted by Crippen LogP contribution is -2.45. The Hall–Kier alpha value is -1.02. The standard InChI is InChI=1S/C19H32N4O.HI/c1-14(2)24-18-10-8-17(9-11-18)22-19(20)21-13-16(4)23-12-6-5-7-15(23)3;/h8-11,14-16H,5-7,12-13H2,1-4H3,(H3,20,21,22);1H. The Morgan fingerprint density at radius 2 is 1.96 bits per heavy atom. The van der Waals surface area contributed by atoms with Gasteiger partial charge in [0.2, 0.25) is 0 Å². The summed E-state index contributed by atoms with van der Waals surface area (Å²) in [7, 11) is 0. The normalized spacial score (nSPS) is 20.0. The molecule has 0 bridgehead atoms. The highest BCUT2D eigenvalue weighted by Crippen LogP contribution is 2.19. The van der Waals surface area contributed by atoms with Gasteiger partial charge in [0.05, 0.1) is 12.6 Å². The fourth-order valence-corrected chi connectivity index (χ4v) is 3.19. The SMILES string of the molecule is CC(C)Oc1ccc(NC(N)=NCC(C)N2CCCCC2C)cc1.I. The van der Waals surface area contributed by atoms with Crippen molar-refractivity contribution in [3.63, 3.8) is 0 Å². The molecule has 142 valence electrons. The number of piperidine rings is 1. The van der Waals surface area contributed by atoms with Gasteiger partial charge >= 0.3 is 0 Å². The number of aliphatic imine (C=N–C) groups is 1. The van der Waals surface area contributed by atoms with Gasteiger partial charge in [-0.15, -0.1) is 24.0 Å². The van der Waals surface area contributed by atoms with Crippen LogP contribution in [0.5, 0.6) is 5.75 Å². The van der Waals surface area contributed by atoms with Gasteiger partial charge in [-0.25, -0.2) is 0 Å². The van der Waals surface area contributed by atoms with Crippen LogP contribution >= 0.6 is 24.0 Å². The number of hydrogen-bond donors (Lipinski definition) is 2. The van der Waals surface area contributed by atoms with Gasteiger partial charge in [0.15, 0.2) is 5.96 Å². The van der Waals surface area contributed by atoms with Crippen molar-refractivity contribution in [2.24, 2.45) is 10.7 Å². The number of nitrogens with two attached hydrogens (primary N) is 1. The minimum absolute atomic E-state index is 0. The summed E-state index contributed by atoms with van der Waals surface area (Å²) in [6.07, 6.45) is 4.09. The van der Waals surface area contributed by atoms with Crippen molar-refractivity contribution in [1.82, 2.24) is 4.90 Å². The average molecular weight is 460 g/mol. The summed E-state index contributed by atoms with van der Waals surface area (Å²) in [6, 6.07) is 8.85. The Morgan fingerprint density at radius 3 is 2.56 bits per heavy atom. The molecule has 1 heterocycles. The second-order valence-electron chi connectivity index (χ2n) is 6.97. The first-order valence-electron chi connectivity index (χ1n) is 9.05. The van der Waals surface area contributed by atoms with Crippen molar-refractivity contribution < 1.29 is 4.74 Å². The van der Waals surface area contributed by atoms with Crippen LogP contribution in [-0.4, -0.2) is 42.1 Å². The van der Waals surface area contributed by atoms with Crippen molar-refractivity contribution in [3.8, 4) is 5.75 Å². The van der Waals surface area contributed by atoms with Crippen molar-refractivity contribution >= 4 is 35.6 Å². The van der Waals surface area contributed by atoms with Crippen LogP contribution in [0.3, 0.4) is 0 Å². The number of nitrogens with one attached hydrogen (secondary N) is 1. The van der Waals surface area contributed by atoms with Gasteiger partial charge in [-0.05, 0) is 71.3 Å². The molecule has 6 heteroatoms. The number of guanidine groups is 1. The van der Waals surface area contributed by atoms with Gasteiger partial charge in [-0.2, -0.15) is 0 Å². The van der Waals surface area contributed by atoms with E-state index in [4.69, 9.17) is 10.5 Å². The van der Waals surface area contributed by atoms with E-state index in [1.807, 2.05) is 38.1 Å². The van der Waals surface area contributed by atoms with E-state index < -0.39 is 0 Å². The van der Waals surface area contributed by atoms with E-state index in [-0.39, 0.29) is 30.1 Å². The molecule has 1 saturated heterocycles. The second-order valence-corrected chi connectivity index (χ2v) is 6.97. The summed E-state index contributed by atoms with van der Waals surface area (Å²) in [4.78, 5) is 7.05. The molecule has 0 radical (unpaired) electrons. The van der Waals surface area contributed by atoms with Crippen LogP contribution in [-0.2, 0) is 0 Å². The van der Waals surface area contributed by atoms with E-state index in [1.54, 1.807) is 0 Å². The maximum Gasteiger partial charge on any atom is 0.193 e. The van der Waals surface area contributed by atoms with E-state index in [9.17, 15) is 0 Å². The third-order valence-electron chi connectivity index (χ3n) is 4.44. The quantitative estimate of drug-likeness (QED) is 0.382. The van der Waals surface area contributed by atoms with Gasteiger partial charge in [0.25, 0.3) is 0 Å². The second kappa shape index (κ2) is 10.9. The van der Waals surface area contributed by atoms with Gasteiger partial charge in [0.1, 0.15) is 5.75 Å². The summed E-state index contributed by atoms with van der Waals surface area (Å²) in [5.41, 5.74) is 6.95. The van der Waals surface area contributed by atoms with Crippen molar-refractivity contribution in [2.45, 2.75) is 65.1 Å². The minimum atomic E-state index is 0. The molecule has 2 rings (SSSR count). The molecule has 0 aliphatic carbocycles. The smallest absolute Gasteiger partial charge is 0.193 e. The molecule has 2 atom stereocenters. The van der Waals surface area contributed by atoms with Crippen LogP contribution in [0.25, 0.3) is 0 Å². The maximum atomic E-state index is 6.03. The summed E-state index contributed by atoms with van der Waals surface area (Å²) in [5.74, 6) is 1.32. The number of nitrogens with zero attached hydrogens (tertiary/aromatic N) is 2. The molecule has 1 fully saturated rings. The van der Waals surface area contributed by atoms with E-state index in [2.05, 4.69) is 29.1 Å². The lowest BCUT2D eigenvalue weighted by atomic mass is 10.0. The molecule has 1 aromatic carbocycles. The number of likely N-dealkylation sites (tertiary alicyclic amines) is 1. The zero-order chi connectivity index (χ0) is 17.5. The zero-order valence-electron chi connectivity index (χ0n) is 15.9. The summed E-state index contributed by atoms with van der Waals surface area (Å²) in [5, 5.41) is 3.15. The van der Waals surface area contributed by atoms with E-state index in [1.165, 1.54) is 25.8 Å². The van der Waals surface area contributed by atoms with Crippen LogP contribution in [0.2, 0.25) is 0 Å². The fourth-order valence-electron chi connectivity index (χ4n) is 3.19. The molecule has 0 aromatic heterocycles. The number of benzene rings is 1. The predicted molar refractivity (Wildman–Crippen MR) is 117 cm³/mol. The Labute approximate surface area is 169 Å². The summed E-state index contributed by atoms with van der Waals surface area (Å²) >= 11 is 0. The molecule has 1 aliphatic heterocycles. The van der Waals surface area contributed by atoms with Crippen LogP contribution < -0.4 is 15.8 Å². The van der Waals surface area contributed by atoms with Crippen LogP contribution in [0, 0.1) is 0 Å². The summed E-state index contributed by atoms with van der Waals surface area (Å²) in [6.45, 7) is 10.5. The van der Waals surface area contributed by atoms with Crippen LogP contribution in [0.1, 0.15) is 47.0 Å². The highest BCUT2D eigenvalue weighted by Gasteiger charge is 2.22. The molecule has 1 aliphatic rings. The monoisotopic (exact) mass is 460 g/mol.